The van der Waals surface area contributed by atoms with Crippen LogP contribution in [0.5, 0.6) is 0 Å². The molecule has 112 valence electrons. The molecule has 2 saturated carbocycles. The van der Waals surface area contributed by atoms with Gasteiger partial charge in [0.05, 0.1) is 12.6 Å². The van der Waals surface area contributed by atoms with Crippen LogP contribution in [0.3, 0.4) is 0 Å². The summed E-state index contributed by atoms with van der Waals surface area (Å²) in [5.74, 6) is 0.0664. The van der Waals surface area contributed by atoms with Gasteiger partial charge in [0.1, 0.15) is 0 Å². The lowest BCUT2D eigenvalue weighted by molar-refractivity contribution is -0.146. The van der Waals surface area contributed by atoms with Crippen LogP contribution in [-0.4, -0.2) is 42.1 Å². The number of carbonyl (C=O) groups excluding carboxylic acids is 1. The van der Waals surface area contributed by atoms with Crippen LogP contribution in [0.25, 0.3) is 0 Å². The minimum atomic E-state index is -0.373. The maximum Gasteiger partial charge on any atom is 0.251 e. The monoisotopic (exact) mass is 286 g/mol. The Morgan fingerprint density at radius 3 is 2.57 bits per heavy atom. The number of hydrogen-bond donors (Lipinski definition) is 1. The van der Waals surface area contributed by atoms with Gasteiger partial charge in [-0.05, 0) is 31.2 Å². The van der Waals surface area contributed by atoms with Gasteiger partial charge in [-0.2, -0.15) is 0 Å². The average molecular weight is 286 g/mol. The van der Waals surface area contributed by atoms with Gasteiger partial charge in [0.15, 0.2) is 6.10 Å². The molecule has 1 aromatic carbocycles. The van der Waals surface area contributed by atoms with E-state index < -0.39 is 0 Å². The summed E-state index contributed by atoms with van der Waals surface area (Å²) < 4.78 is 5.89. The van der Waals surface area contributed by atoms with Crippen molar-refractivity contribution in [3.63, 3.8) is 0 Å². The molecule has 2 atom stereocenters. The molecule has 2 aliphatic carbocycles. The van der Waals surface area contributed by atoms with Gasteiger partial charge in [-0.1, -0.05) is 30.3 Å². The van der Waals surface area contributed by atoms with E-state index in [0.717, 1.165) is 19.4 Å². The molecule has 0 radical (unpaired) electrons. The third-order valence-corrected chi connectivity index (χ3v) is 4.63. The first kappa shape index (κ1) is 13.3. The van der Waals surface area contributed by atoms with Crippen molar-refractivity contribution in [2.24, 2.45) is 0 Å². The predicted molar refractivity (Wildman–Crippen MR) is 79.8 cm³/mol. The fraction of sp³-hybridized carbons (Fsp3) is 0.588. The van der Waals surface area contributed by atoms with Crippen molar-refractivity contribution in [3.05, 3.63) is 35.9 Å². The molecule has 21 heavy (non-hydrogen) atoms. The van der Waals surface area contributed by atoms with Crippen LogP contribution in [0.15, 0.2) is 30.3 Å². The number of nitrogens with zero attached hydrogens (tertiary/aromatic N) is 1. The zero-order valence-electron chi connectivity index (χ0n) is 12.2. The maximum absolute atomic E-state index is 12.6. The number of rotatable bonds is 4. The van der Waals surface area contributed by atoms with E-state index in [-0.39, 0.29) is 18.1 Å². The highest BCUT2D eigenvalue weighted by Gasteiger charge is 2.44. The molecular weight excluding hydrogens is 264 g/mol. The Kier molecular flexibility index (Phi) is 3.43. The quantitative estimate of drug-likeness (QED) is 0.919. The van der Waals surface area contributed by atoms with Crippen molar-refractivity contribution in [1.29, 1.82) is 0 Å². The second-order valence-electron chi connectivity index (χ2n) is 6.40. The molecule has 3 aliphatic rings. The number of amides is 1. The molecular formula is C17H22N2O2. The number of hydrogen-bond acceptors (Lipinski definition) is 3. The Morgan fingerprint density at radius 2 is 1.90 bits per heavy atom. The van der Waals surface area contributed by atoms with Gasteiger partial charge in [-0.3, -0.25) is 9.69 Å². The largest absolute Gasteiger partial charge is 0.365 e. The van der Waals surface area contributed by atoms with Crippen molar-refractivity contribution >= 4 is 5.91 Å². The molecule has 1 saturated heterocycles. The molecule has 0 spiro atoms. The molecule has 1 aliphatic heterocycles. The first-order chi connectivity index (χ1) is 10.3. The second kappa shape index (κ2) is 5.43. The smallest absolute Gasteiger partial charge is 0.251 e. The number of morpholine rings is 1. The molecule has 1 aromatic rings. The van der Waals surface area contributed by atoms with Crippen LogP contribution in [-0.2, 0) is 9.53 Å². The van der Waals surface area contributed by atoms with Crippen molar-refractivity contribution < 1.29 is 9.53 Å². The molecule has 4 nitrogen and oxygen atoms in total. The van der Waals surface area contributed by atoms with Gasteiger partial charge in [0, 0.05) is 18.6 Å². The van der Waals surface area contributed by atoms with E-state index in [2.05, 4.69) is 22.3 Å². The van der Waals surface area contributed by atoms with E-state index in [9.17, 15) is 4.79 Å². The zero-order chi connectivity index (χ0) is 14.2. The minimum Gasteiger partial charge on any atom is -0.365 e. The van der Waals surface area contributed by atoms with Gasteiger partial charge in [-0.25, -0.2) is 0 Å². The predicted octanol–water partition coefficient (Wildman–Crippen LogP) is 1.87. The van der Waals surface area contributed by atoms with Gasteiger partial charge < -0.3 is 10.1 Å². The van der Waals surface area contributed by atoms with Crippen molar-refractivity contribution in [2.75, 3.05) is 13.2 Å². The molecule has 1 N–H and O–H groups in total. The minimum absolute atomic E-state index is 0.0613. The van der Waals surface area contributed by atoms with Crippen LogP contribution < -0.4 is 5.32 Å². The lowest BCUT2D eigenvalue weighted by atomic mass is 9.97. The Balaban J connectivity index is 1.60. The van der Waals surface area contributed by atoms with Crippen molar-refractivity contribution in [3.8, 4) is 0 Å². The van der Waals surface area contributed by atoms with E-state index in [1.165, 1.54) is 18.4 Å². The SMILES string of the molecule is O=C(NC1CC1)[C@@H]1OCCN(C2CC2)[C@H]1c1ccccc1. The Hall–Kier alpha value is -1.39. The molecule has 4 heteroatoms. The number of carbonyl (C=O) groups is 1. The fourth-order valence-electron chi connectivity index (χ4n) is 3.25. The summed E-state index contributed by atoms with van der Waals surface area (Å²) in [6.45, 7) is 1.58. The summed E-state index contributed by atoms with van der Waals surface area (Å²) in [6, 6.07) is 11.4. The molecule has 0 aromatic heterocycles. The van der Waals surface area contributed by atoms with Crippen molar-refractivity contribution in [1.82, 2.24) is 10.2 Å². The van der Waals surface area contributed by atoms with E-state index in [1.807, 2.05) is 18.2 Å². The summed E-state index contributed by atoms with van der Waals surface area (Å²) in [5.41, 5.74) is 1.19. The Morgan fingerprint density at radius 1 is 1.14 bits per heavy atom. The highest BCUT2D eigenvalue weighted by atomic mass is 16.5. The van der Waals surface area contributed by atoms with Gasteiger partial charge in [0.2, 0.25) is 0 Å². The van der Waals surface area contributed by atoms with E-state index in [0.29, 0.717) is 18.7 Å². The summed E-state index contributed by atoms with van der Waals surface area (Å²) in [6.07, 6.45) is 4.35. The van der Waals surface area contributed by atoms with Crippen LogP contribution in [0.4, 0.5) is 0 Å². The van der Waals surface area contributed by atoms with E-state index in [4.69, 9.17) is 4.74 Å². The lowest BCUT2D eigenvalue weighted by Gasteiger charge is -2.41. The van der Waals surface area contributed by atoms with Gasteiger partial charge in [-0.15, -0.1) is 0 Å². The second-order valence-corrected chi connectivity index (χ2v) is 6.40. The Bertz CT molecular complexity index is 511. The fourth-order valence-corrected chi connectivity index (χ4v) is 3.25. The van der Waals surface area contributed by atoms with Crippen molar-refractivity contribution in [2.45, 2.75) is 49.9 Å². The standard InChI is InChI=1S/C17H22N2O2/c20-17(18-13-6-7-13)16-15(12-4-2-1-3-5-12)19(10-11-21-16)14-8-9-14/h1-5,13-16H,6-11H2,(H,18,20)/t15-,16+/m0/s1. The lowest BCUT2D eigenvalue weighted by Crippen LogP contribution is -2.52. The van der Waals surface area contributed by atoms with Crippen LogP contribution in [0, 0.1) is 0 Å². The highest BCUT2D eigenvalue weighted by molar-refractivity contribution is 5.82. The summed E-state index contributed by atoms with van der Waals surface area (Å²) >= 11 is 0. The van der Waals surface area contributed by atoms with Crippen LogP contribution in [0.1, 0.15) is 37.3 Å². The van der Waals surface area contributed by atoms with Crippen LogP contribution >= 0.6 is 0 Å². The number of ether oxygens (including phenoxy) is 1. The molecule has 4 rings (SSSR count). The number of benzene rings is 1. The molecule has 1 heterocycles. The molecule has 1 amide bonds. The van der Waals surface area contributed by atoms with E-state index >= 15 is 0 Å². The number of nitrogens with one attached hydrogen (secondary N) is 1. The topological polar surface area (TPSA) is 41.6 Å². The third kappa shape index (κ3) is 2.83. The maximum atomic E-state index is 12.6. The molecule has 3 fully saturated rings. The highest BCUT2D eigenvalue weighted by Crippen LogP contribution is 2.39. The first-order valence-electron chi connectivity index (χ1n) is 8.05. The van der Waals surface area contributed by atoms with E-state index in [1.54, 1.807) is 0 Å². The summed E-state index contributed by atoms with van der Waals surface area (Å²) in [7, 11) is 0. The normalized spacial score (nSPS) is 30.1. The molecule has 0 bridgehead atoms. The first-order valence-corrected chi connectivity index (χ1v) is 8.05. The molecule has 0 unspecified atom stereocenters. The van der Waals surface area contributed by atoms with Gasteiger partial charge in [0.25, 0.3) is 5.91 Å². The third-order valence-electron chi connectivity index (χ3n) is 4.63. The Labute approximate surface area is 125 Å². The van der Waals surface area contributed by atoms with Gasteiger partial charge >= 0.3 is 0 Å². The summed E-state index contributed by atoms with van der Waals surface area (Å²) in [4.78, 5) is 15.0. The zero-order valence-corrected chi connectivity index (χ0v) is 12.2. The van der Waals surface area contributed by atoms with Crippen LogP contribution in [0.2, 0.25) is 0 Å². The average Bonchev–Trinajstić information content (AvgIpc) is 3.41. The summed E-state index contributed by atoms with van der Waals surface area (Å²) in [5, 5.41) is 3.11.